The predicted molar refractivity (Wildman–Crippen MR) is 78.7 cm³/mol. The Kier molecular flexibility index (Phi) is 2.39. The summed E-state index contributed by atoms with van der Waals surface area (Å²) in [6.45, 7) is 5.43. The summed E-state index contributed by atoms with van der Waals surface area (Å²) in [4.78, 5) is 8.16. The second-order valence-electron chi connectivity index (χ2n) is 5.40. The normalized spacial score (nSPS) is 14.3. The van der Waals surface area contributed by atoms with E-state index in [4.69, 9.17) is 14.5 Å². The van der Waals surface area contributed by atoms with E-state index in [0.29, 0.717) is 19.1 Å². The molecule has 0 radical (unpaired) electrons. The fourth-order valence-corrected chi connectivity index (χ4v) is 2.72. The molecular weight excluding hydrogens is 252 g/mol. The van der Waals surface area contributed by atoms with E-state index in [9.17, 15) is 0 Å². The van der Waals surface area contributed by atoms with E-state index in [-0.39, 0.29) is 0 Å². The number of benzene rings is 2. The molecule has 2 heterocycles. The third-order valence-corrected chi connectivity index (χ3v) is 3.71. The first kappa shape index (κ1) is 11.6. The summed E-state index contributed by atoms with van der Waals surface area (Å²) in [5.41, 5.74) is 1.91. The highest BCUT2D eigenvalue weighted by molar-refractivity contribution is 6.11. The Morgan fingerprint density at radius 2 is 1.75 bits per heavy atom. The molecule has 0 atom stereocenters. The smallest absolute Gasteiger partial charge is 0.187 e. The van der Waals surface area contributed by atoms with Gasteiger partial charge >= 0.3 is 0 Å². The van der Waals surface area contributed by atoms with E-state index >= 15 is 0 Å². The summed E-state index contributed by atoms with van der Waals surface area (Å²) < 4.78 is 11.7. The van der Waals surface area contributed by atoms with Gasteiger partial charge in [-0.3, -0.25) is 0 Å². The summed E-state index contributed by atoms with van der Waals surface area (Å²) >= 11 is 0. The molecule has 1 aliphatic rings. The maximum Gasteiger partial charge on any atom is 0.187 e. The van der Waals surface area contributed by atoms with Crippen molar-refractivity contribution in [2.24, 2.45) is 0 Å². The summed E-state index contributed by atoms with van der Waals surface area (Å²) in [7, 11) is 0. The molecule has 0 saturated carbocycles. The summed E-state index contributed by atoms with van der Waals surface area (Å²) in [5, 5.41) is 2.17. The molecule has 4 rings (SSSR count). The first-order chi connectivity index (χ1) is 9.75. The SMILES string of the molecule is CC(C)c1nc2c([nH]1)c1c(c3ccccc32)OCCO1. The fraction of sp³-hybridized carbons (Fsp3) is 0.312. The van der Waals surface area contributed by atoms with Gasteiger partial charge in [-0.2, -0.15) is 0 Å². The number of hydrogen-bond acceptors (Lipinski definition) is 3. The molecular formula is C16H16N2O2. The molecule has 4 nitrogen and oxygen atoms in total. The minimum Gasteiger partial charge on any atom is -0.485 e. The van der Waals surface area contributed by atoms with Crippen molar-refractivity contribution < 1.29 is 9.47 Å². The van der Waals surface area contributed by atoms with Crippen LogP contribution in [0.1, 0.15) is 25.6 Å². The number of hydrogen-bond donors (Lipinski definition) is 1. The monoisotopic (exact) mass is 268 g/mol. The van der Waals surface area contributed by atoms with Crippen LogP contribution in [0.3, 0.4) is 0 Å². The van der Waals surface area contributed by atoms with E-state index in [2.05, 4.69) is 31.0 Å². The fourth-order valence-electron chi connectivity index (χ4n) is 2.72. The highest BCUT2D eigenvalue weighted by Gasteiger charge is 2.23. The zero-order chi connectivity index (χ0) is 13.7. The molecule has 102 valence electrons. The second kappa shape index (κ2) is 4.13. The first-order valence-electron chi connectivity index (χ1n) is 6.95. The van der Waals surface area contributed by atoms with Gasteiger partial charge in [0.15, 0.2) is 11.5 Å². The molecule has 0 amide bonds. The van der Waals surface area contributed by atoms with Crippen molar-refractivity contribution in [3.05, 3.63) is 30.1 Å². The third kappa shape index (κ3) is 1.51. The topological polar surface area (TPSA) is 47.1 Å². The van der Waals surface area contributed by atoms with Gasteiger partial charge in [0, 0.05) is 16.7 Å². The van der Waals surface area contributed by atoms with Gasteiger partial charge in [-0.1, -0.05) is 38.1 Å². The molecule has 1 N–H and O–H groups in total. The molecule has 1 aromatic heterocycles. The molecule has 4 heteroatoms. The lowest BCUT2D eigenvalue weighted by molar-refractivity contribution is 0.176. The van der Waals surface area contributed by atoms with Crippen LogP contribution in [-0.2, 0) is 0 Å². The van der Waals surface area contributed by atoms with Gasteiger partial charge in [0.05, 0.1) is 0 Å². The Bertz CT molecular complexity index is 805. The number of H-pyrrole nitrogens is 1. The lowest BCUT2D eigenvalue weighted by atomic mass is 10.1. The highest BCUT2D eigenvalue weighted by atomic mass is 16.6. The van der Waals surface area contributed by atoms with Crippen molar-refractivity contribution in [3.63, 3.8) is 0 Å². The van der Waals surface area contributed by atoms with E-state index in [1.807, 2.05) is 12.1 Å². The number of fused-ring (bicyclic) bond motifs is 6. The number of nitrogens with one attached hydrogen (secondary N) is 1. The zero-order valence-corrected chi connectivity index (χ0v) is 11.6. The third-order valence-electron chi connectivity index (χ3n) is 3.71. The molecule has 0 aliphatic carbocycles. The van der Waals surface area contributed by atoms with Crippen molar-refractivity contribution >= 4 is 21.8 Å². The number of aromatic nitrogens is 2. The lowest BCUT2D eigenvalue weighted by Gasteiger charge is -2.20. The molecule has 0 saturated heterocycles. The average molecular weight is 268 g/mol. The van der Waals surface area contributed by atoms with Crippen LogP contribution in [0.15, 0.2) is 24.3 Å². The Labute approximate surface area is 116 Å². The Balaban J connectivity index is 2.18. The van der Waals surface area contributed by atoms with Gasteiger partial charge in [0.1, 0.15) is 30.1 Å². The van der Waals surface area contributed by atoms with Gasteiger partial charge in [0.25, 0.3) is 0 Å². The number of nitrogens with zero attached hydrogens (tertiary/aromatic N) is 1. The number of ether oxygens (including phenoxy) is 2. The maximum atomic E-state index is 5.84. The van der Waals surface area contributed by atoms with Gasteiger partial charge in [-0.05, 0) is 0 Å². The Morgan fingerprint density at radius 1 is 1.05 bits per heavy atom. The van der Waals surface area contributed by atoms with Crippen LogP contribution in [0.2, 0.25) is 0 Å². The van der Waals surface area contributed by atoms with Gasteiger partial charge in [-0.25, -0.2) is 4.98 Å². The molecule has 0 spiro atoms. The van der Waals surface area contributed by atoms with Crippen molar-refractivity contribution in [1.29, 1.82) is 0 Å². The Morgan fingerprint density at radius 3 is 2.50 bits per heavy atom. The van der Waals surface area contributed by atoms with Crippen molar-refractivity contribution in [2.75, 3.05) is 13.2 Å². The number of aromatic amines is 1. The molecule has 0 unspecified atom stereocenters. The molecule has 3 aromatic rings. The largest absolute Gasteiger partial charge is 0.485 e. The number of rotatable bonds is 1. The quantitative estimate of drug-likeness (QED) is 0.733. The van der Waals surface area contributed by atoms with E-state index in [1.54, 1.807) is 0 Å². The van der Waals surface area contributed by atoms with E-state index in [1.165, 1.54) is 0 Å². The van der Waals surface area contributed by atoms with Crippen LogP contribution in [0.25, 0.3) is 21.8 Å². The van der Waals surface area contributed by atoms with E-state index in [0.717, 1.165) is 39.1 Å². The number of imidazole rings is 1. The van der Waals surface area contributed by atoms with Crippen LogP contribution >= 0.6 is 0 Å². The average Bonchev–Trinajstić information content (AvgIpc) is 2.93. The summed E-state index contributed by atoms with van der Waals surface area (Å²) in [6, 6.07) is 8.19. The highest BCUT2D eigenvalue weighted by Crippen LogP contribution is 2.44. The first-order valence-corrected chi connectivity index (χ1v) is 6.95. The van der Waals surface area contributed by atoms with E-state index < -0.39 is 0 Å². The summed E-state index contributed by atoms with van der Waals surface area (Å²) in [5.74, 6) is 2.96. The minimum absolute atomic E-state index is 0.348. The zero-order valence-electron chi connectivity index (χ0n) is 11.6. The molecule has 1 aliphatic heterocycles. The van der Waals surface area contributed by atoms with Gasteiger partial charge in [0.2, 0.25) is 0 Å². The van der Waals surface area contributed by atoms with Crippen molar-refractivity contribution in [1.82, 2.24) is 9.97 Å². The van der Waals surface area contributed by atoms with Crippen LogP contribution < -0.4 is 9.47 Å². The second-order valence-corrected chi connectivity index (χ2v) is 5.40. The van der Waals surface area contributed by atoms with Gasteiger partial charge in [-0.15, -0.1) is 0 Å². The summed E-state index contributed by atoms with van der Waals surface area (Å²) in [6.07, 6.45) is 0. The lowest BCUT2D eigenvalue weighted by Crippen LogP contribution is -2.16. The van der Waals surface area contributed by atoms with Gasteiger partial charge < -0.3 is 14.5 Å². The van der Waals surface area contributed by atoms with Crippen molar-refractivity contribution in [2.45, 2.75) is 19.8 Å². The standard InChI is InChI=1S/C16H16N2O2/c1-9(2)16-17-12-10-5-3-4-6-11(10)14-15(13(12)18-16)20-8-7-19-14/h3-6,9H,7-8H2,1-2H3,(H,17,18). The predicted octanol–water partition coefficient (Wildman–Crippen LogP) is 3.61. The van der Waals surface area contributed by atoms with Crippen LogP contribution in [-0.4, -0.2) is 23.2 Å². The van der Waals surface area contributed by atoms with Crippen LogP contribution in [0.5, 0.6) is 11.5 Å². The molecule has 20 heavy (non-hydrogen) atoms. The van der Waals surface area contributed by atoms with Crippen molar-refractivity contribution in [3.8, 4) is 11.5 Å². The van der Waals surface area contributed by atoms with Crippen LogP contribution in [0.4, 0.5) is 0 Å². The molecule has 0 bridgehead atoms. The maximum absolute atomic E-state index is 5.84. The molecule has 0 fully saturated rings. The Hall–Kier alpha value is -2.23. The molecule has 2 aromatic carbocycles. The minimum atomic E-state index is 0.348. The van der Waals surface area contributed by atoms with Crippen LogP contribution in [0, 0.1) is 0 Å².